The van der Waals surface area contributed by atoms with Crippen LogP contribution < -0.4 is 0 Å². The Kier molecular flexibility index (Phi) is 3.71. The van der Waals surface area contributed by atoms with E-state index in [1.54, 1.807) is 0 Å². The van der Waals surface area contributed by atoms with Crippen LogP contribution in [0.25, 0.3) is 0 Å². The van der Waals surface area contributed by atoms with E-state index in [0.29, 0.717) is 5.41 Å². The number of nitriles is 1. The molecule has 1 aliphatic rings. The number of aryl methyl sites for hydroxylation is 1. The van der Waals surface area contributed by atoms with Gasteiger partial charge in [0.2, 0.25) is 0 Å². The molecule has 0 N–H and O–H groups in total. The van der Waals surface area contributed by atoms with E-state index in [-0.39, 0.29) is 5.41 Å². The number of nitrogens with zero attached hydrogens (tertiary/aromatic N) is 3. The predicted molar refractivity (Wildman–Crippen MR) is 76.4 cm³/mol. The Morgan fingerprint density at radius 2 is 2.05 bits per heavy atom. The first-order chi connectivity index (χ1) is 8.85. The van der Waals surface area contributed by atoms with Gasteiger partial charge in [-0.1, -0.05) is 20.8 Å². The standard InChI is InChI=1S/C16H25N3/c1-15(2,3)13-5-8-16(12-17,9-6-13)11-14-7-10-19(4)18-14/h7,10,13H,5-6,8-9,11H2,1-4H3. The highest BCUT2D eigenvalue weighted by molar-refractivity contribution is 5.11. The summed E-state index contributed by atoms with van der Waals surface area (Å²) in [5.41, 5.74) is 1.24. The third-order valence-corrected chi connectivity index (χ3v) is 4.69. The van der Waals surface area contributed by atoms with E-state index in [4.69, 9.17) is 0 Å². The van der Waals surface area contributed by atoms with Crippen LogP contribution in [0, 0.1) is 28.1 Å². The first-order valence-corrected chi connectivity index (χ1v) is 7.24. The second kappa shape index (κ2) is 5.00. The van der Waals surface area contributed by atoms with E-state index in [2.05, 4.69) is 31.9 Å². The van der Waals surface area contributed by atoms with Crippen LogP contribution in [0.3, 0.4) is 0 Å². The maximum absolute atomic E-state index is 9.61. The first kappa shape index (κ1) is 14.1. The van der Waals surface area contributed by atoms with E-state index in [1.165, 1.54) is 12.8 Å². The number of aromatic nitrogens is 2. The van der Waals surface area contributed by atoms with Crippen molar-refractivity contribution >= 4 is 0 Å². The summed E-state index contributed by atoms with van der Waals surface area (Å²) >= 11 is 0. The van der Waals surface area contributed by atoms with E-state index < -0.39 is 0 Å². The van der Waals surface area contributed by atoms with Crippen molar-refractivity contribution < 1.29 is 0 Å². The third-order valence-electron chi connectivity index (χ3n) is 4.69. The highest BCUT2D eigenvalue weighted by Crippen LogP contribution is 2.46. The van der Waals surface area contributed by atoms with Gasteiger partial charge in [0.15, 0.2) is 0 Å². The lowest BCUT2D eigenvalue weighted by molar-refractivity contribution is 0.120. The van der Waals surface area contributed by atoms with Crippen LogP contribution in [0.4, 0.5) is 0 Å². The lowest BCUT2D eigenvalue weighted by Gasteiger charge is -2.40. The largest absolute Gasteiger partial charge is 0.276 e. The van der Waals surface area contributed by atoms with Crippen molar-refractivity contribution in [3.63, 3.8) is 0 Å². The molecule has 19 heavy (non-hydrogen) atoms. The van der Waals surface area contributed by atoms with Gasteiger partial charge in [0.25, 0.3) is 0 Å². The van der Waals surface area contributed by atoms with Crippen LogP contribution in [0.2, 0.25) is 0 Å². The van der Waals surface area contributed by atoms with Crippen molar-refractivity contribution in [2.45, 2.75) is 52.9 Å². The van der Waals surface area contributed by atoms with Gasteiger partial charge in [-0.25, -0.2) is 0 Å². The molecule has 1 aromatic rings. The quantitative estimate of drug-likeness (QED) is 0.812. The molecule has 2 rings (SSSR count). The van der Waals surface area contributed by atoms with Gasteiger partial charge < -0.3 is 0 Å². The van der Waals surface area contributed by atoms with E-state index >= 15 is 0 Å². The molecule has 3 heteroatoms. The smallest absolute Gasteiger partial charge is 0.0693 e. The van der Waals surface area contributed by atoms with Crippen molar-refractivity contribution in [1.29, 1.82) is 5.26 Å². The maximum atomic E-state index is 9.61. The Balaban J connectivity index is 2.04. The summed E-state index contributed by atoms with van der Waals surface area (Å²) in [4.78, 5) is 0. The molecule has 0 amide bonds. The number of hydrogen-bond acceptors (Lipinski definition) is 2. The summed E-state index contributed by atoms with van der Waals surface area (Å²) in [7, 11) is 1.93. The van der Waals surface area contributed by atoms with Crippen molar-refractivity contribution in [2.24, 2.45) is 23.8 Å². The number of hydrogen-bond donors (Lipinski definition) is 0. The average Bonchev–Trinajstić information content (AvgIpc) is 2.74. The van der Waals surface area contributed by atoms with Crippen LogP contribution in [0.5, 0.6) is 0 Å². The fraction of sp³-hybridized carbons (Fsp3) is 0.750. The highest BCUT2D eigenvalue weighted by Gasteiger charge is 2.39. The van der Waals surface area contributed by atoms with Crippen molar-refractivity contribution in [3.05, 3.63) is 18.0 Å². The minimum atomic E-state index is -0.184. The first-order valence-electron chi connectivity index (χ1n) is 7.24. The summed E-state index contributed by atoms with van der Waals surface area (Å²) in [5, 5.41) is 14.0. The Bertz CT molecular complexity index is 465. The van der Waals surface area contributed by atoms with Crippen molar-refractivity contribution in [1.82, 2.24) is 9.78 Å². The molecular formula is C16H25N3. The second-order valence-electron chi connectivity index (χ2n) is 7.19. The molecule has 0 aromatic carbocycles. The molecule has 3 nitrogen and oxygen atoms in total. The zero-order valence-electron chi connectivity index (χ0n) is 12.6. The zero-order valence-corrected chi connectivity index (χ0v) is 12.6. The topological polar surface area (TPSA) is 41.6 Å². The Labute approximate surface area is 116 Å². The van der Waals surface area contributed by atoms with Gasteiger partial charge in [0, 0.05) is 19.7 Å². The molecule has 0 radical (unpaired) electrons. The summed E-state index contributed by atoms with van der Waals surface area (Å²) in [5.74, 6) is 0.748. The summed E-state index contributed by atoms with van der Waals surface area (Å²) < 4.78 is 1.82. The molecule has 0 unspecified atom stereocenters. The molecule has 1 aliphatic carbocycles. The van der Waals surface area contributed by atoms with Gasteiger partial charge >= 0.3 is 0 Å². The fourth-order valence-corrected chi connectivity index (χ4v) is 3.27. The third kappa shape index (κ3) is 3.18. The molecule has 1 saturated carbocycles. The van der Waals surface area contributed by atoms with Gasteiger partial charge in [-0.3, -0.25) is 4.68 Å². The molecule has 0 spiro atoms. The van der Waals surface area contributed by atoms with Gasteiger partial charge in [-0.05, 0) is 43.1 Å². The minimum Gasteiger partial charge on any atom is -0.276 e. The van der Waals surface area contributed by atoms with Crippen LogP contribution in [0.1, 0.15) is 52.1 Å². The summed E-state index contributed by atoms with van der Waals surface area (Å²) in [6.07, 6.45) is 7.14. The molecule has 1 aromatic heterocycles. The van der Waals surface area contributed by atoms with Gasteiger partial charge in [0.1, 0.15) is 0 Å². The van der Waals surface area contributed by atoms with Crippen LogP contribution in [-0.2, 0) is 13.5 Å². The normalized spacial score (nSPS) is 28.1. The second-order valence-corrected chi connectivity index (χ2v) is 7.19. The molecule has 0 aliphatic heterocycles. The van der Waals surface area contributed by atoms with E-state index in [9.17, 15) is 5.26 Å². The lowest BCUT2D eigenvalue weighted by Crippen LogP contribution is -2.33. The lowest BCUT2D eigenvalue weighted by atomic mass is 9.63. The predicted octanol–water partition coefficient (Wildman–Crippen LogP) is 3.71. The molecule has 0 atom stereocenters. The Morgan fingerprint density at radius 1 is 1.42 bits per heavy atom. The van der Waals surface area contributed by atoms with Crippen LogP contribution in [-0.4, -0.2) is 9.78 Å². The fourth-order valence-electron chi connectivity index (χ4n) is 3.27. The highest BCUT2D eigenvalue weighted by atomic mass is 15.2. The molecule has 1 fully saturated rings. The molecule has 0 saturated heterocycles. The van der Waals surface area contributed by atoms with Gasteiger partial charge in [-0.15, -0.1) is 0 Å². The minimum absolute atomic E-state index is 0.184. The molecule has 1 heterocycles. The summed E-state index contributed by atoms with van der Waals surface area (Å²) in [6, 6.07) is 4.63. The monoisotopic (exact) mass is 259 g/mol. The van der Waals surface area contributed by atoms with Crippen molar-refractivity contribution in [3.8, 4) is 6.07 Å². The SMILES string of the molecule is Cn1ccc(CC2(C#N)CCC(C(C)(C)C)CC2)n1. The van der Waals surface area contributed by atoms with Crippen molar-refractivity contribution in [2.75, 3.05) is 0 Å². The average molecular weight is 259 g/mol. The van der Waals surface area contributed by atoms with Crippen LogP contribution >= 0.6 is 0 Å². The molecule has 0 bridgehead atoms. The zero-order chi connectivity index (χ0) is 14.1. The molecule has 104 valence electrons. The maximum Gasteiger partial charge on any atom is 0.0693 e. The van der Waals surface area contributed by atoms with E-state index in [1.807, 2.05) is 24.0 Å². The molecular weight excluding hydrogens is 234 g/mol. The summed E-state index contributed by atoms with van der Waals surface area (Å²) in [6.45, 7) is 6.95. The Morgan fingerprint density at radius 3 is 2.47 bits per heavy atom. The van der Waals surface area contributed by atoms with Crippen LogP contribution in [0.15, 0.2) is 12.3 Å². The van der Waals surface area contributed by atoms with Gasteiger partial charge in [0.05, 0.1) is 17.2 Å². The Hall–Kier alpha value is -1.30. The van der Waals surface area contributed by atoms with Gasteiger partial charge in [-0.2, -0.15) is 10.4 Å². The number of rotatable bonds is 2. The van der Waals surface area contributed by atoms with E-state index in [0.717, 1.165) is 30.9 Å².